The molecule has 1 heterocycles. The third kappa shape index (κ3) is 4.20. The van der Waals surface area contributed by atoms with E-state index in [1.807, 2.05) is 6.92 Å². The third-order valence-corrected chi connectivity index (χ3v) is 2.47. The first-order chi connectivity index (χ1) is 8.19. The smallest absolute Gasteiger partial charge is 0.252 e. The van der Waals surface area contributed by atoms with Crippen molar-refractivity contribution in [2.24, 2.45) is 10.9 Å². The van der Waals surface area contributed by atoms with Crippen LogP contribution in [0.4, 0.5) is 0 Å². The van der Waals surface area contributed by atoms with Gasteiger partial charge in [0.25, 0.3) is 5.91 Å². The Hall–Kier alpha value is -1.34. The molecule has 1 saturated heterocycles. The molecular weight excluding hydrogens is 226 g/mol. The van der Waals surface area contributed by atoms with Crippen LogP contribution in [-0.2, 0) is 14.3 Å². The van der Waals surface area contributed by atoms with Crippen LogP contribution in [0, 0.1) is 0 Å². The molecule has 98 valence electrons. The minimum Gasteiger partial charge on any atom is -0.409 e. The van der Waals surface area contributed by atoms with E-state index in [-0.39, 0.29) is 18.3 Å². The molecule has 0 bridgehead atoms. The van der Waals surface area contributed by atoms with E-state index in [0.29, 0.717) is 19.6 Å². The molecular formula is C10H19N3O4. The van der Waals surface area contributed by atoms with Crippen molar-refractivity contribution in [3.8, 4) is 0 Å². The van der Waals surface area contributed by atoms with Gasteiger partial charge in [-0.1, -0.05) is 18.5 Å². The predicted octanol–water partition coefficient (Wildman–Crippen LogP) is -0.567. The van der Waals surface area contributed by atoms with Crippen molar-refractivity contribution in [2.75, 3.05) is 19.8 Å². The van der Waals surface area contributed by atoms with Crippen molar-refractivity contribution in [3.05, 3.63) is 0 Å². The average molecular weight is 245 g/mol. The minimum absolute atomic E-state index is 0.00284. The Morgan fingerprint density at radius 2 is 2.41 bits per heavy atom. The molecule has 2 unspecified atom stereocenters. The number of amidine groups is 1. The van der Waals surface area contributed by atoms with Gasteiger partial charge in [-0.15, -0.1) is 0 Å². The Bertz CT molecular complexity index is 277. The lowest BCUT2D eigenvalue weighted by Gasteiger charge is -2.24. The molecule has 2 atom stereocenters. The van der Waals surface area contributed by atoms with Gasteiger partial charge in [0.1, 0.15) is 0 Å². The number of hydrogen-bond acceptors (Lipinski definition) is 5. The Morgan fingerprint density at radius 1 is 1.65 bits per heavy atom. The molecule has 7 heteroatoms. The summed E-state index contributed by atoms with van der Waals surface area (Å²) >= 11 is 0. The quantitative estimate of drug-likeness (QED) is 0.260. The van der Waals surface area contributed by atoms with Gasteiger partial charge in [0, 0.05) is 0 Å². The zero-order valence-electron chi connectivity index (χ0n) is 9.89. The van der Waals surface area contributed by atoms with Crippen LogP contribution in [0.5, 0.6) is 0 Å². The molecule has 7 nitrogen and oxygen atoms in total. The SMILES string of the molecule is CCCC(NC(=O)C1COCCO1)C(N)=NO. The van der Waals surface area contributed by atoms with Gasteiger partial charge in [-0.2, -0.15) is 0 Å². The molecule has 1 aliphatic rings. The fraction of sp³-hybridized carbons (Fsp3) is 0.800. The first-order valence-corrected chi connectivity index (χ1v) is 5.66. The van der Waals surface area contributed by atoms with Gasteiger partial charge >= 0.3 is 0 Å². The van der Waals surface area contributed by atoms with Crippen LogP contribution in [0.15, 0.2) is 5.16 Å². The van der Waals surface area contributed by atoms with Gasteiger partial charge in [0.2, 0.25) is 0 Å². The zero-order chi connectivity index (χ0) is 12.7. The van der Waals surface area contributed by atoms with Gasteiger partial charge in [-0.05, 0) is 6.42 Å². The molecule has 0 aliphatic carbocycles. The summed E-state index contributed by atoms with van der Waals surface area (Å²) in [5.74, 6) is -0.299. The zero-order valence-corrected chi connectivity index (χ0v) is 9.89. The lowest BCUT2D eigenvalue weighted by molar-refractivity contribution is -0.147. The van der Waals surface area contributed by atoms with E-state index in [0.717, 1.165) is 6.42 Å². The molecule has 0 aromatic carbocycles. The third-order valence-electron chi connectivity index (χ3n) is 2.47. The van der Waals surface area contributed by atoms with Crippen LogP contribution in [-0.4, -0.2) is 48.9 Å². The molecule has 0 radical (unpaired) electrons. The van der Waals surface area contributed by atoms with Crippen LogP contribution < -0.4 is 11.1 Å². The summed E-state index contributed by atoms with van der Waals surface area (Å²) in [7, 11) is 0. The van der Waals surface area contributed by atoms with E-state index >= 15 is 0 Å². The molecule has 1 amide bonds. The topological polar surface area (TPSA) is 106 Å². The van der Waals surface area contributed by atoms with Crippen LogP contribution >= 0.6 is 0 Å². The van der Waals surface area contributed by atoms with Gasteiger partial charge in [-0.3, -0.25) is 4.79 Å². The van der Waals surface area contributed by atoms with E-state index in [1.165, 1.54) is 0 Å². The van der Waals surface area contributed by atoms with Gasteiger partial charge in [-0.25, -0.2) is 0 Å². The number of hydrogen-bond donors (Lipinski definition) is 3. The van der Waals surface area contributed by atoms with E-state index in [1.54, 1.807) is 0 Å². The second-order valence-electron chi connectivity index (χ2n) is 3.81. The summed E-state index contributed by atoms with van der Waals surface area (Å²) in [5, 5.41) is 14.2. The molecule has 17 heavy (non-hydrogen) atoms. The molecule has 1 aliphatic heterocycles. The molecule has 0 aromatic heterocycles. The second kappa shape index (κ2) is 7.08. The number of ether oxygens (including phenoxy) is 2. The highest BCUT2D eigenvalue weighted by atomic mass is 16.6. The van der Waals surface area contributed by atoms with Crippen LogP contribution in [0.2, 0.25) is 0 Å². The van der Waals surface area contributed by atoms with Crippen molar-refractivity contribution in [1.29, 1.82) is 0 Å². The van der Waals surface area contributed by atoms with Crippen LogP contribution in [0.1, 0.15) is 19.8 Å². The second-order valence-corrected chi connectivity index (χ2v) is 3.81. The number of nitrogens with zero attached hydrogens (tertiary/aromatic N) is 1. The summed E-state index contributed by atoms with van der Waals surface area (Å²) < 4.78 is 10.4. The number of nitrogens with one attached hydrogen (secondary N) is 1. The Kier molecular flexibility index (Phi) is 5.71. The van der Waals surface area contributed by atoms with E-state index in [2.05, 4.69) is 10.5 Å². The fourth-order valence-electron chi connectivity index (χ4n) is 1.56. The van der Waals surface area contributed by atoms with Crippen molar-refractivity contribution < 1.29 is 19.5 Å². The normalized spacial score (nSPS) is 23.1. The summed E-state index contributed by atoms with van der Waals surface area (Å²) in [5.41, 5.74) is 5.49. The number of nitrogens with two attached hydrogens (primary N) is 1. The number of amides is 1. The van der Waals surface area contributed by atoms with E-state index in [4.69, 9.17) is 20.4 Å². The van der Waals surface area contributed by atoms with E-state index < -0.39 is 12.1 Å². The lowest BCUT2D eigenvalue weighted by atomic mass is 10.1. The van der Waals surface area contributed by atoms with Crippen molar-refractivity contribution in [3.63, 3.8) is 0 Å². The number of rotatable bonds is 5. The maximum Gasteiger partial charge on any atom is 0.252 e. The number of carbonyl (C=O) groups is 1. The Labute approximate surface area is 99.9 Å². The average Bonchev–Trinajstić information content (AvgIpc) is 2.38. The molecule has 0 saturated carbocycles. The monoisotopic (exact) mass is 245 g/mol. The summed E-state index contributed by atoms with van der Waals surface area (Å²) in [6.07, 6.45) is 0.799. The van der Waals surface area contributed by atoms with Crippen LogP contribution in [0.3, 0.4) is 0 Å². The standard InChI is InChI=1S/C10H19N3O4/c1-2-3-7(9(11)13-15)12-10(14)8-6-16-4-5-17-8/h7-8,15H,2-6H2,1H3,(H2,11,13)(H,12,14). The highest BCUT2D eigenvalue weighted by molar-refractivity contribution is 5.91. The maximum absolute atomic E-state index is 11.8. The summed E-state index contributed by atoms with van der Waals surface area (Å²) in [6.45, 7) is 3.09. The van der Waals surface area contributed by atoms with Crippen molar-refractivity contribution in [1.82, 2.24) is 5.32 Å². The maximum atomic E-state index is 11.8. The Balaban J connectivity index is 2.50. The minimum atomic E-state index is -0.616. The highest BCUT2D eigenvalue weighted by Gasteiger charge is 2.25. The largest absolute Gasteiger partial charge is 0.409 e. The fourth-order valence-corrected chi connectivity index (χ4v) is 1.56. The van der Waals surface area contributed by atoms with Crippen molar-refractivity contribution in [2.45, 2.75) is 31.9 Å². The van der Waals surface area contributed by atoms with E-state index in [9.17, 15) is 4.79 Å². The lowest BCUT2D eigenvalue weighted by Crippen LogP contribution is -2.51. The number of oxime groups is 1. The van der Waals surface area contributed by atoms with Gasteiger partial charge < -0.3 is 25.7 Å². The molecule has 1 rings (SSSR count). The molecule has 0 spiro atoms. The molecule has 1 fully saturated rings. The van der Waals surface area contributed by atoms with Gasteiger partial charge in [0.05, 0.1) is 25.9 Å². The van der Waals surface area contributed by atoms with Crippen molar-refractivity contribution >= 4 is 11.7 Å². The molecule has 0 aromatic rings. The first kappa shape index (κ1) is 13.7. The summed E-state index contributed by atoms with van der Waals surface area (Å²) in [6, 6.07) is -0.469. The Morgan fingerprint density at radius 3 is 2.94 bits per heavy atom. The van der Waals surface area contributed by atoms with Gasteiger partial charge in [0.15, 0.2) is 11.9 Å². The summed E-state index contributed by atoms with van der Waals surface area (Å²) in [4.78, 5) is 11.8. The predicted molar refractivity (Wildman–Crippen MR) is 60.8 cm³/mol. The molecule has 4 N–H and O–H groups in total. The van der Waals surface area contributed by atoms with Crippen LogP contribution in [0.25, 0.3) is 0 Å². The first-order valence-electron chi connectivity index (χ1n) is 5.66. The highest BCUT2D eigenvalue weighted by Crippen LogP contribution is 2.03. The number of carbonyl (C=O) groups excluding carboxylic acids is 1.